The summed E-state index contributed by atoms with van der Waals surface area (Å²) in [6, 6.07) is 15.0. The fourth-order valence-corrected chi connectivity index (χ4v) is 3.08. The fourth-order valence-electron chi connectivity index (χ4n) is 3.08. The Morgan fingerprint density at radius 3 is 1.56 bits per heavy atom. The quantitative estimate of drug-likeness (QED) is 0.894. The van der Waals surface area contributed by atoms with Crippen molar-refractivity contribution in [3.8, 4) is 11.5 Å². The third kappa shape index (κ3) is 5.19. The molecule has 0 bridgehead atoms. The van der Waals surface area contributed by atoms with E-state index in [1.54, 1.807) is 12.1 Å². The zero-order chi connectivity index (χ0) is 17.5. The summed E-state index contributed by atoms with van der Waals surface area (Å²) in [4.78, 5) is 4.61. The van der Waals surface area contributed by atoms with Crippen LogP contribution in [0.5, 0.6) is 11.5 Å². The van der Waals surface area contributed by atoms with Gasteiger partial charge in [0.15, 0.2) is 0 Å². The van der Waals surface area contributed by atoms with Crippen LogP contribution in [-0.2, 0) is 17.8 Å². The van der Waals surface area contributed by atoms with Crippen molar-refractivity contribution in [3.63, 3.8) is 0 Å². The monoisotopic (exact) mass is 342 g/mol. The summed E-state index contributed by atoms with van der Waals surface area (Å²) in [7, 11) is 0. The van der Waals surface area contributed by atoms with Crippen LogP contribution in [0.25, 0.3) is 0 Å². The summed E-state index contributed by atoms with van der Waals surface area (Å²) >= 11 is 0. The van der Waals surface area contributed by atoms with Crippen LogP contribution < -0.4 is 0 Å². The lowest BCUT2D eigenvalue weighted by Gasteiger charge is -2.26. The Hall–Kier alpha value is -2.08. The van der Waals surface area contributed by atoms with Gasteiger partial charge in [-0.05, 0) is 12.1 Å². The Kier molecular flexibility index (Phi) is 6.28. The van der Waals surface area contributed by atoms with Crippen molar-refractivity contribution in [2.45, 2.75) is 13.1 Å². The summed E-state index contributed by atoms with van der Waals surface area (Å²) in [5, 5.41) is 20.0. The fraction of sp³-hybridized carbons (Fsp3) is 0.400. The second-order valence-corrected chi connectivity index (χ2v) is 6.42. The van der Waals surface area contributed by atoms with Crippen LogP contribution in [0.15, 0.2) is 48.5 Å². The molecule has 2 aromatic rings. The van der Waals surface area contributed by atoms with Crippen LogP contribution in [0.2, 0.25) is 0 Å². The molecule has 5 nitrogen and oxygen atoms in total. The van der Waals surface area contributed by atoms with Crippen molar-refractivity contribution in [1.82, 2.24) is 9.80 Å². The van der Waals surface area contributed by atoms with Crippen LogP contribution in [-0.4, -0.2) is 59.4 Å². The van der Waals surface area contributed by atoms with E-state index in [2.05, 4.69) is 9.80 Å². The molecule has 1 fully saturated rings. The lowest BCUT2D eigenvalue weighted by atomic mass is 10.1. The molecule has 0 aromatic heterocycles. The van der Waals surface area contributed by atoms with Gasteiger partial charge in [-0.25, -0.2) is 0 Å². The molecule has 0 radical (unpaired) electrons. The van der Waals surface area contributed by atoms with Gasteiger partial charge in [-0.3, -0.25) is 9.80 Å². The zero-order valence-corrected chi connectivity index (χ0v) is 14.5. The van der Waals surface area contributed by atoms with E-state index in [0.29, 0.717) is 37.8 Å². The highest BCUT2D eigenvalue weighted by Gasteiger charge is 2.15. The number of phenols is 2. The second kappa shape index (κ2) is 8.85. The normalized spacial score (nSPS) is 17.6. The van der Waals surface area contributed by atoms with Crippen molar-refractivity contribution < 1.29 is 14.9 Å². The number of phenolic OH excluding ortho intramolecular Hbond substituents is 2. The lowest BCUT2D eigenvalue weighted by Crippen LogP contribution is -2.35. The molecule has 5 heteroatoms. The van der Waals surface area contributed by atoms with Crippen LogP contribution in [0, 0.1) is 0 Å². The average Bonchev–Trinajstić information content (AvgIpc) is 2.72. The van der Waals surface area contributed by atoms with E-state index >= 15 is 0 Å². The van der Waals surface area contributed by atoms with Gasteiger partial charge in [0, 0.05) is 50.4 Å². The van der Waals surface area contributed by atoms with Gasteiger partial charge in [-0.2, -0.15) is 0 Å². The number of nitrogens with zero attached hydrogens (tertiary/aromatic N) is 2. The van der Waals surface area contributed by atoms with E-state index in [1.807, 2.05) is 36.4 Å². The number of benzene rings is 2. The molecule has 0 atom stereocenters. The lowest BCUT2D eigenvalue weighted by molar-refractivity contribution is 0.103. The Bertz CT molecular complexity index is 620. The van der Waals surface area contributed by atoms with E-state index in [-0.39, 0.29) is 0 Å². The number of hydrogen-bond acceptors (Lipinski definition) is 5. The molecule has 1 aliphatic heterocycles. The van der Waals surface area contributed by atoms with Crippen molar-refractivity contribution in [3.05, 3.63) is 59.7 Å². The van der Waals surface area contributed by atoms with Gasteiger partial charge in [0.2, 0.25) is 0 Å². The summed E-state index contributed by atoms with van der Waals surface area (Å²) in [5.74, 6) is 0.684. The first kappa shape index (κ1) is 17.7. The maximum atomic E-state index is 10.0. The van der Waals surface area contributed by atoms with Gasteiger partial charge in [0.05, 0.1) is 13.2 Å². The van der Waals surface area contributed by atoms with Gasteiger partial charge in [-0.15, -0.1) is 0 Å². The molecular formula is C20H26N2O3. The predicted octanol–water partition coefficient (Wildman–Crippen LogP) is 2.43. The summed E-state index contributed by atoms with van der Waals surface area (Å²) < 4.78 is 5.74. The second-order valence-electron chi connectivity index (χ2n) is 6.42. The third-order valence-electron chi connectivity index (χ3n) is 4.61. The minimum absolute atomic E-state index is 0.342. The maximum absolute atomic E-state index is 10.0. The summed E-state index contributed by atoms with van der Waals surface area (Å²) in [6.45, 7) is 6.28. The van der Waals surface area contributed by atoms with E-state index < -0.39 is 0 Å². The molecule has 0 aliphatic carbocycles. The first-order valence-electron chi connectivity index (χ1n) is 8.78. The first-order valence-corrected chi connectivity index (χ1v) is 8.78. The number of aromatic hydroxyl groups is 2. The number of para-hydroxylation sites is 2. The smallest absolute Gasteiger partial charge is 0.120 e. The van der Waals surface area contributed by atoms with E-state index in [0.717, 1.165) is 37.3 Å². The zero-order valence-electron chi connectivity index (χ0n) is 14.5. The molecule has 3 rings (SSSR count). The van der Waals surface area contributed by atoms with Crippen LogP contribution in [0.3, 0.4) is 0 Å². The summed E-state index contributed by atoms with van der Waals surface area (Å²) in [5.41, 5.74) is 1.88. The molecule has 2 N–H and O–H groups in total. The highest BCUT2D eigenvalue weighted by Crippen LogP contribution is 2.19. The van der Waals surface area contributed by atoms with Crippen molar-refractivity contribution in [1.29, 1.82) is 0 Å². The van der Waals surface area contributed by atoms with E-state index in [9.17, 15) is 10.2 Å². The molecule has 1 saturated heterocycles. The third-order valence-corrected chi connectivity index (χ3v) is 4.61. The summed E-state index contributed by atoms with van der Waals surface area (Å²) in [6.07, 6.45) is 0. The molecule has 1 aliphatic rings. The maximum Gasteiger partial charge on any atom is 0.120 e. The molecule has 1 heterocycles. The number of ether oxygens (including phenoxy) is 1. The van der Waals surface area contributed by atoms with E-state index in [4.69, 9.17) is 4.74 Å². The Morgan fingerprint density at radius 1 is 0.680 bits per heavy atom. The molecule has 0 unspecified atom stereocenters. The standard InChI is InChI=1S/C20H26N2O3/c23-19-7-3-1-5-17(19)15-21-9-10-22(12-14-25-13-11-21)16-18-6-2-4-8-20(18)24/h1-8,23-24H,9-16H2. The van der Waals surface area contributed by atoms with Crippen LogP contribution in [0.1, 0.15) is 11.1 Å². The topological polar surface area (TPSA) is 56.2 Å². The molecule has 0 saturated carbocycles. The highest BCUT2D eigenvalue weighted by molar-refractivity contribution is 5.32. The van der Waals surface area contributed by atoms with Gasteiger partial charge >= 0.3 is 0 Å². The highest BCUT2D eigenvalue weighted by atomic mass is 16.5. The Morgan fingerprint density at radius 2 is 1.12 bits per heavy atom. The molecule has 0 spiro atoms. The van der Waals surface area contributed by atoms with Crippen molar-refractivity contribution in [2.24, 2.45) is 0 Å². The van der Waals surface area contributed by atoms with Gasteiger partial charge in [0.1, 0.15) is 11.5 Å². The first-order chi connectivity index (χ1) is 12.2. The van der Waals surface area contributed by atoms with Crippen LogP contribution in [0.4, 0.5) is 0 Å². The number of hydrogen-bond donors (Lipinski definition) is 2. The minimum atomic E-state index is 0.342. The van der Waals surface area contributed by atoms with Gasteiger partial charge in [-0.1, -0.05) is 36.4 Å². The SMILES string of the molecule is Oc1ccccc1CN1CCOCCN(Cc2ccccc2O)CC1. The van der Waals surface area contributed by atoms with Gasteiger partial charge < -0.3 is 14.9 Å². The van der Waals surface area contributed by atoms with Crippen molar-refractivity contribution >= 4 is 0 Å². The van der Waals surface area contributed by atoms with Gasteiger partial charge in [0.25, 0.3) is 0 Å². The van der Waals surface area contributed by atoms with E-state index in [1.165, 1.54) is 0 Å². The Balaban J connectivity index is 1.62. The predicted molar refractivity (Wildman–Crippen MR) is 97.6 cm³/mol. The van der Waals surface area contributed by atoms with Crippen molar-refractivity contribution in [2.75, 3.05) is 39.4 Å². The number of rotatable bonds is 4. The molecule has 25 heavy (non-hydrogen) atoms. The Labute approximate surface area is 149 Å². The molecule has 0 amide bonds. The molecule has 2 aromatic carbocycles. The minimum Gasteiger partial charge on any atom is -0.508 e. The van der Waals surface area contributed by atoms with Crippen LogP contribution >= 0.6 is 0 Å². The molecular weight excluding hydrogens is 316 g/mol. The molecule has 134 valence electrons. The average molecular weight is 342 g/mol. The largest absolute Gasteiger partial charge is 0.508 e.